The molecule has 5 rings (SSSR count). The lowest BCUT2D eigenvalue weighted by Gasteiger charge is -2.48. The Hall–Kier alpha value is -2.82. The molecule has 1 amide bonds. The molecule has 0 spiro atoms. The average molecular weight is 460 g/mol. The van der Waals surface area contributed by atoms with Gasteiger partial charge < -0.3 is 15.0 Å². The van der Waals surface area contributed by atoms with Gasteiger partial charge in [0.1, 0.15) is 17.1 Å². The van der Waals surface area contributed by atoms with Gasteiger partial charge in [-0.25, -0.2) is 4.98 Å². The fourth-order valence-electron chi connectivity index (χ4n) is 6.78. The maximum Gasteiger partial charge on any atom is 0.244 e. The van der Waals surface area contributed by atoms with Crippen LogP contribution >= 0.6 is 0 Å². The zero-order valence-corrected chi connectivity index (χ0v) is 20.3. The highest BCUT2D eigenvalue weighted by atomic mass is 16.5. The lowest BCUT2D eigenvalue weighted by Crippen LogP contribution is -2.58. The Morgan fingerprint density at radius 2 is 1.62 bits per heavy atom. The molecule has 2 saturated carbocycles. The number of para-hydroxylation sites is 2. The SMILES string of the molecule is CCOc1cccc(-c2nc3ccccc3n2C(C(N)=O)(C2CCCCC2)C2CCCCC2)c1. The summed E-state index contributed by atoms with van der Waals surface area (Å²) in [5.41, 5.74) is 8.65. The maximum absolute atomic E-state index is 13.9. The molecule has 5 heteroatoms. The van der Waals surface area contributed by atoms with E-state index in [1.807, 2.05) is 25.1 Å². The Kier molecular flexibility index (Phi) is 6.62. The van der Waals surface area contributed by atoms with Gasteiger partial charge in [-0.05, 0) is 68.7 Å². The van der Waals surface area contributed by atoms with Gasteiger partial charge in [-0.3, -0.25) is 4.79 Å². The molecule has 0 unspecified atom stereocenters. The number of aromatic nitrogens is 2. The van der Waals surface area contributed by atoms with Crippen molar-refractivity contribution < 1.29 is 9.53 Å². The summed E-state index contributed by atoms with van der Waals surface area (Å²) in [5, 5.41) is 0. The van der Waals surface area contributed by atoms with Crippen LogP contribution in [-0.2, 0) is 10.3 Å². The molecular weight excluding hydrogens is 422 g/mol. The number of carbonyl (C=O) groups excluding carboxylic acids is 1. The van der Waals surface area contributed by atoms with E-state index in [0.717, 1.165) is 79.5 Å². The van der Waals surface area contributed by atoms with Crippen molar-refractivity contribution in [2.45, 2.75) is 76.7 Å². The fraction of sp³-hybridized carbons (Fsp3) is 0.517. The molecule has 0 saturated heterocycles. The first kappa shape index (κ1) is 22.9. The number of amides is 1. The van der Waals surface area contributed by atoms with Gasteiger partial charge in [-0.2, -0.15) is 0 Å². The molecular formula is C29H37N3O2. The minimum absolute atomic E-state index is 0.184. The van der Waals surface area contributed by atoms with Gasteiger partial charge >= 0.3 is 0 Å². The first-order valence-corrected chi connectivity index (χ1v) is 13.2. The number of rotatable bonds is 7. The molecule has 2 aliphatic rings. The van der Waals surface area contributed by atoms with E-state index in [0.29, 0.717) is 6.61 Å². The van der Waals surface area contributed by atoms with Crippen LogP contribution in [0, 0.1) is 11.8 Å². The summed E-state index contributed by atoms with van der Waals surface area (Å²) >= 11 is 0. The Bertz CT molecular complexity index is 1120. The normalized spacial score (nSPS) is 18.3. The van der Waals surface area contributed by atoms with Crippen molar-refractivity contribution in [1.29, 1.82) is 0 Å². The van der Waals surface area contributed by atoms with Gasteiger partial charge in [-0.1, -0.05) is 62.8 Å². The van der Waals surface area contributed by atoms with Crippen molar-refractivity contribution in [2.24, 2.45) is 17.6 Å². The number of nitrogens with zero attached hydrogens (tertiary/aromatic N) is 2. The fourth-order valence-corrected chi connectivity index (χ4v) is 6.78. The second-order valence-corrected chi connectivity index (χ2v) is 10.1. The third-order valence-electron chi connectivity index (χ3n) is 8.18. The molecule has 0 aliphatic heterocycles. The van der Waals surface area contributed by atoms with Crippen LogP contribution in [0.2, 0.25) is 0 Å². The first-order chi connectivity index (χ1) is 16.7. The van der Waals surface area contributed by atoms with Gasteiger partial charge in [0.25, 0.3) is 0 Å². The van der Waals surface area contributed by atoms with Crippen molar-refractivity contribution in [3.05, 3.63) is 48.5 Å². The van der Waals surface area contributed by atoms with Crippen molar-refractivity contribution in [2.75, 3.05) is 6.61 Å². The minimum Gasteiger partial charge on any atom is -0.494 e. The van der Waals surface area contributed by atoms with Crippen LogP contribution in [0.1, 0.15) is 71.1 Å². The Morgan fingerprint density at radius 1 is 0.971 bits per heavy atom. The van der Waals surface area contributed by atoms with E-state index in [4.69, 9.17) is 15.5 Å². The van der Waals surface area contributed by atoms with Gasteiger partial charge in [0.15, 0.2) is 0 Å². The maximum atomic E-state index is 13.9. The van der Waals surface area contributed by atoms with E-state index in [2.05, 4.69) is 34.9 Å². The molecule has 34 heavy (non-hydrogen) atoms. The predicted molar refractivity (Wildman–Crippen MR) is 137 cm³/mol. The monoisotopic (exact) mass is 459 g/mol. The predicted octanol–water partition coefficient (Wildman–Crippen LogP) is 6.44. The van der Waals surface area contributed by atoms with Crippen LogP contribution in [0.3, 0.4) is 0 Å². The topological polar surface area (TPSA) is 70.1 Å². The second-order valence-electron chi connectivity index (χ2n) is 10.1. The third kappa shape index (κ3) is 3.89. The molecule has 0 atom stereocenters. The molecule has 2 N–H and O–H groups in total. The molecule has 2 aliphatic carbocycles. The number of benzene rings is 2. The number of imidazole rings is 1. The van der Waals surface area contributed by atoms with Crippen LogP contribution in [0.5, 0.6) is 5.75 Å². The summed E-state index contributed by atoms with van der Waals surface area (Å²) in [6.45, 7) is 2.60. The van der Waals surface area contributed by atoms with E-state index in [-0.39, 0.29) is 17.7 Å². The number of nitrogens with two attached hydrogens (primary N) is 1. The Morgan fingerprint density at radius 3 is 2.24 bits per heavy atom. The van der Waals surface area contributed by atoms with E-state index >= 15 is 0 Å². The van der Waals surface area contributed by atoms with Crippen molar-refractivity contribution in [1.82, 2.24) is 9.55 Å². The molecule has 2 aromatic carbocycles. The minimum atomic E-state index is -0.770. The van der Waals surface area contributed by atoms with Crippen LogP contribution < -0.4 is 10.5 Å². The van der Waals surface area contributed by atoms with Crippen LogP contribution in [0.25, 0.3) is 22.4 Å². The molecule has 5 nitrogen and oxygen atoms in total. The highest BCUT2D eigenvalue weighted by Gasteiger charge is 2.53. The summed E-state index contributed by atoms with van der Waals surface area (Å²) in [6.07, 6.45) is 11.3. The molecule has 0 bridgehead atoms. The van der Waals surface area contributed by atoms with Gasteiger partial charge in [-0.15, -0.1) is 0 Å². The lowest BCUT2D eigenvalue weighted by molar-refractivity contribution is -0.135. The van der Waals surface area contributed by atoms with Gasteiger partial charge in [0, 0.05) is 5.56 Å². The summed E-state index contributed by atoms with van der Waals surface area (Å²) in [4.78, 5) is 19.0. The van der Waals surface area contributed by atoms with Crippen LogP contribution in [0.15, 0.2) is 48.5 Å². The third-order valence-corrected chi connectivity index (χ3v) is 8.18. The zero-order valence-electron chi connectivity index (χ0n) is 20.3. The molecule has 2 fully saturated rings. The lowest BCUT2D eigenvalue weighted by atomic mass is 9.63. The van der Waals surface area contributed by atoms with Crippen molar-refractivity contribution in [3.8, 4) is 17.1 Å². The zero-order chi connectivity index (χ0) is 23.5. The van der Waals surface area contributed by atoms with Crippen LogP contribution in [-0.4, -0.2) is 22.1 Å². The molecule has 1 heterocycles. The number of fused-ring (bicyclic) bond motifs is 1. The van der Waals surface area contributed by atoms with E-state index in [1.165, 1.54) is 12.8 Å². The first-order valence-electron chi connectivity index (χ1n) is 13.2. The standard InChI is InChI=1S/C29H37N3O2/c1-2-34-24-17-11-12-21(20-24)27-31-25-18-9-10-19-26(25)32(27)29(28(30)33,22-13-5-3-6-14-22)23-15-7-4-8-16-23/h9-12,17-20,22-23H,2-8,13-16H2,1H3,(H2,30,33). The molecule has 0 radical (unpaired) electrons. The molecule has 1 aromatic heterocycles. The van der Waals surface area contributed by atoms with Gasteiger partial charge in [0.2, 0.25) is 5.91 Å². The average Bonchev–Trinajstić information content (AvgIpc) is 3.26. The van der Waals surface area contributed by atoms with E-state index in [1.54, 1.807) is 0 Å². The number of ether oxygens (including phenoxy) is 1. The summed E-state index contributed by atoms with van der Waals surface area (Å²) in [6, 6.07) is 16.3. The Balaban J connectivity index is 1.80. The highest BCUT2D eigenvalue weighted by molar-refractivity contribution is 5.90. The number of carbonyl (C=O) groups is 1. The smallest absolute Gasteiger partial charge is 0.244 e. The number of hydrogen-bond donors (Lipinski definition) is 1. The second kappa shape index (κ2) is 9.81. The highest BCUT2D eigenvalue weighted by Crippen LogP contribution is 2.50. The summed E-state index contributed by atoms with van der Waals surface area (Å²) in [7, 11) is 0. The Labute approximate surface area is 202 Å². The largest absolute Gasteiger partial charge is 0.494 e. The molecule has 3 aromatic rings. The van der Waals surface area contributed by atoms with E-state index < -0.39 is 5.54 Å². The quantitative estimate of drug-likeness (QED) is 0.442. The van der Waals surface area contributed by atoms with Crippen molar-refractivity contribution in [3.63, 3.8) is 0 Å². The van der Waals surface area contributed by atoms with Crippen molar-refractivity contribution >= 4 is 16.9 Å². The summed E-state index contributed by atoms with van der Waals surface area (Å²) in [5.74, 6) is 1.93. The van der Waals surface area contributed by atoms with Gasteiger partial charge in [0.05, 0.1) is 17.6 Å². The van der Waals surface area contributed by atoms with Crippen LogP contribution in [0.4, 0.5) is 0 Å². The number of primary amides is 1. The number of hydrogen-bond acceptors (Lipinski definition) is 3. The molecule has 180 valence electrons. The summed E-state index contributed by atoms with van der Waals surface area (Å²) < 4.78 is 8.10. The van der Waals surface area contributed by atoms with E-state index in [9.17, 15) is 4.79 Å².